The van der Waals surface area contributed by atoms with Crippen molar-refractivity contribution in [1.29, 1.82) is 0 Å². The maximum absolute atomic E-state index is 13.4. The lowest BCUT2D eigenvalue weighted by atomic mass is 10.2. The Morgan fingerprint density at radius 2 is 1.29 bits per heavy atom. The number of aromatic hydroxyl groups is 1. The van der Waals surface area contributed by atoms with E-state index < -0.39 is 52.9 Å². The number of hydrogen-bond acceptors (Lipinski definition) is 2. The van der Waals surface area contributed by atoms with E-state index in [9.17, 15) is 26.3 Å². The van der Waals surface area contributed by atoms with Crippen LogP contribution in [0.1, 0.15) is 5.56 Å². The Morgan fingerprint density at radius 3 is 1.81 bits per heavy atom. The van der Waals surface area contributed by atoms with Gasteiger partial charge in [0.25, 0.3) is 0 Å². The van der Waals surface area contributed by atoms with Gasteiger partial charge in [0.05, 0.1) is 0 Å². The highest BCUT2D eigenvalue weighted by Crippen LogP contribution is 2.27. The van der Waals surface area contributed by atoms with Gasteiger partial charge in [0.1, 0.15) is 17.3 Å². The third kappa shape index (κ3) is 2.88. The lowest BCUT2D eigenvalue weighted by Gasteiger charge is -2.11. The molecule has 0 spiro atoms. The van der Waals surface area contributed by atoms with Crippen LogP contribution >= 0.6 is 0 Å². The first-order valence-electron chi connectivity index (χ1n) is 5.55. The van der Waals surface area contributed by atoms with E-state index in [2.05, 4.69) is 0 Å². The summed E-state index contributed by atoms with van der Waals surface area (Å²) in [6, 6.07) is 2.79. The summed E-state index contributed by atoms with van der Waals surface area (Å²) in [5, 5.41) is 11.1. The first-order chi connectivity index (χ1) is 9.81. The highest BCUT2D eigenvalue weighted by Gasteiger charge is 2.25. The van der Waals surface area contributed by atoms with Gasteiger partial charge in [-0.2, -0.15) is 0 Å². The molecule has 21 heavy (non-hydrogen) atoms. The lowest BCUT2D eigenvalue weighted by Crippen LogP contribution is -2.10. The van der Waals surface area contributed by atoms with Crippen molar-refractivity contribution in [3.05, 3.63) is 58.7 Å². The van der Waals surface area contributed by atoms with Crippen LogP contribution in [0.25, 0.3) is 0 Å². The van der Waals surface area contributed by atoms with Crippen molar-refractivity contribution in [3.63, 3.8) is 0 Å². The van der Waals surface area contributed by atoms with Crippen LogP contribution in [-0.4, -0.2) is 5.11 Å². The molecule has 0 atom stereocenters. The number of phenols is 1. The number of halogens is 6. The molecular formula is C13H7F6NO. The third-order valence-electron chi connectivity index (χ3n) is 2.62. The zero-order valence-corrected chi connectivity index (χ0v) is 10.2. The van der Waals surface area contributed by atoms with Crippen molar-refractivity contribution < 1.29 is 31.4 Å². The number of hydrogen-bond donors (Lipinski definition) is 2. The van der Waals surface area contributed by atoms with Gasteiger partial charge in [0, 0.05) is 12.6 Å². The average Bonchev–Trinajstić information content (AvgIpc) is 2.42. The molecule has 0 amide bonds. The van der Waals surface area contributed by atoms with Gasteiger partial charge >= 0.3 is 0 Å². The molecule has 2 rings (SSSR count). The van der Waals surface area contributed by atoms with Crippen molar-refractivity contribution in [1.82, 2.24) is 0 Å². The Labute approximate surface area is 114 Å². The van der Waals surface area contributed by atoms with E-state index in [4.69, 9.17) is 5.11 Å². The Morgan fingerprint density at radius 1 is 0.762 bits per heavy atom. The van der Waals surface area contributed by atoms with E-state index >= 15 is 0 Å². The number of phenolic OH excluding ortho intramolecular Hbond substituents is 1. The molecule has 0 fully saturated rings. The molecule has 0 unspecified atom stereocenters. The summed E-state index contributed by atoms with van der Waals surface area (Å²) in [4.78, 5) is 0. The maximum atomic E-state index is 13.4. The molecule has 0 saturated heterocycles. The molecule has 0 aliphatic rings. The van der Waals surface area contributed by atoms with Gasteiger partial charge in [-0.05, 0) is 17.7 Å². The van der Waals surface area contributed by atoms with Gasteiger partial charge in [-0.1, -0.05) is 0 Å². The normalized spacial score (nSPS) is 10.8. The molecule has 0 aliphatic carbocycles. The van der Waals surface area contributed by atoms with Gasteiger partial charge < -0.3 is 10.4 Å². The largest absolute Gasteiger partial charge is 0.508 e. The summed E-state index contributed by atoms with van der Waals surface area (Å²) in [5.41, 5.74) is -1.17. The zero-order valence-electron chi connectivity index (χ0n) is 10.2. The van der Waals surface area contributed by atoms with Gasteiger partial charge in [0.15, 0.2) is 23.3 Å². The standard InChI is InChI=1S/C13H7F6NO/c14-6-1-5(2-7(21)3-6)4-20-13-11(18)9(16)8(15)10(17)12(13)19/h1-3,20-21H,4H2. The second-order valence-electron chi connectivity index (χ2n) is 4.12. The Bertz CT molecular complexity index is 654. The lowest BCUT2D eigenvalue weighted by molar-refractivity contribution is 0.381. The van der Waals surface area contributed by atoms with E-state index in [0.29, 0.717) is 0 Å². The number of rotatable bonds is 3. The van der Waals surface area contributed by atoms with Crippen molar-refractivity contribution >= 4 is 5.69 Å². The van der Waals surface area contributed by atoms with Crippen LogP contribution < -0.4 is 5.32 Å². The monoisotopic (exact) mass is 307 g/mol. The van der Waals surface area contributed by atoms with E-state index in [1.54, 1.807) is 0 Å². The third-order valence-corrected chi connectivity index (χ3v) is 2.62. The Kier molecular flexibility index (Phi) is 3.97. The molecule has 0 heterocycles. The molecule has 0 bridgehead atoms. The van der Waals surface area contributed by atoms with Crippen LogP contribution in [0, 0.1) is 34.9 Å². The van der Waals surface area contributed by atoms with Crippen molar-refractivity contribution in [2.75, 3.05) is 5.32 Å². The molecular weight excluding hydrogens is 300 g/mol. The minimum atomic E-state index is -2.26. The van der Waals surface area contributed by atoms with Crippen LogP contribution in [0.3, 0.4) is 0 Å². The van der Waals surface area contributed by atoms with Gasteiger partial charge in [-0.15, -0.1) is 0 Å². The van der Waals surface area contributed by atoms with Gasteiger partial charge in [-0.25, -0.2) is 26.3 Å². The Balaban J connectivity index is 2.32. The van der Waals surface area contributed by atoms with Crippen LogP contribution in [0.5, 0.6) is 5.75 Å². The molecule has 2 aromatic rings. The predicted octanol–water partition coefficient (Wildman–Crippen LogP) is 3.84. The van der Waals surface area contributed by atoms with Crippen LogP contribution in [0.15, 0.2) is 18.2 Å². The minimum absolute atomic E-state index is 0.0523. The fraction of sp³-hybridized carbons (Fsp3) is 0.0769. The highest BCUT2D eigenvalue weighted by molar-refractivity contribution is 5.48. The molecule has 0 radical (unpaired) electrons. The SMILES string of the molecule is Oc1cc(F)cc(CNc2c(F)c(F)c(F)c(F)c2F)c1. The first kappa shape index (κ1) is 15.0. The second kappa shape index (κ2) is 5.55. The van der Waals surface area contributed by atoms with Gasteiger partial charge in [0.2, 0.25) is 5.82 Å². The summed E-state index contributed by atoms with van der Waals surface area (Å²) in [5.74, 6) is -11.7. The fourth-order valence-electron chi connectivity index (χ4n) is 1.69. The quantitative estimate of drug-likeness (QED) is 0.513. The summed E-state index contributed by atoms with van der Waals surface area (Å²) >= 11 is 0. The van der Waals surface area contributed by atoms with Crippen molar-refractivity contribution in [3.8, 4) is 5.75 Å². The Hall–Kier alpha value is -2.38. The molecule has 2 nitrogen and oxygen atoms in total. The number of benzene rings is 2. The van der Waals surface area contributed by atoms with E-state index in [1.165, 1.54) is 0 Å². The predicted molar refractivity (Wildman–Crippen MR) is 61.6 cm³/mol. The fourth-order valence-corrected chi connectivity index (χ4v) is 1.69. The molecule has 112 valence electrons. The van der Waals surface area contributed by atoms with E-state index in [-0.39, 0.29) is 5.56 Å². The second-order valence-corrected chi connectivity index (χ2v) is 4.12. The molecule has 2 N–H and O–H groups in total. The van der Waals surface area contributed by atoms with Crippen molar-refractivity contribution in [2.24, 2.45) is 0 Å². The minimum Gasteiger partial charge on any atom is -0.508 e. The van der Waals surface area contributed by atoms with Crippen molar-refractivity contribution in [2.45, 2.75) is 6.54 Å². The van der Waals surface area contributed by atoms with Crippen LogP contribution in [0.4, 0.5) is 32.0 Å². The summed E-state index contributed by atoms with van der Waals surface area (Å²) in [7, 11) is 0. The number of anilines is 1. The molecule has 2 aromatic carbocycles. The molecule has 0 aromatic heterocycles. The smallest absolute Gasteiger partial charge is 0.200 e. The molecule has 8 heteroatoms. The number of nitrogens with one attached hydrogen (secondary N) is 1. The highest BCUT2D eigenvalue weighted by atomic mass is 19.2. The topological polar surface area (TPSA) is 32.3 Å². The van der Waals surface area contributed by atoms with E-state index in [0.717, 1.165) is 18.2 Å². The van der Waals surface area contributed by atoms with E-state index in [1.807, 2.05) is 5.32 Å². The first-order valence-corrected chi connectivity index (χ1v) is 5.55. The summed E-state index contributed by atoms with van der Waals surface area (Å²) in [6.45, 7) is -0.455. The molecule has 0 aliphatic heterocycles. The summed E-state index contributed by atoms with van der Waals surface area (Å²) < 4.78 is 78.4. The average molecular weight is 307 g/mol. The molecule has 0 saturated carbocycles. The summed E-state index contributed by atoms with van der Waals surface area (Å²) in [6.07, 6.45) is 0. The maximum Gasteiger partial charge on any atom is 0.200 e. The van der Waals surface area contributed by atoms with Crippen LogP contribution in [-0.2, 0) is 6.54 Å². The zero-order chi connectivity index (χ0) is 15.7. The van der Waals surface area contributed by atoms with Crippen LogP contribution in [0.2, 0.25) is 0 Å². The van der Waals surface area contributed by atoms with Gasteiger partial charge in [-0.3, -0.25) is 0 Å².